The van der Waals surface area contributed by atoms with Crippen molar-refractivity contribution in [1.82, 2.24) is 9.97 Å². The first-order valence-electron chi connectivity index (χ1n) is 11.3. The molecule has 0 unspecified atom stereocenters. The van der Waals surface area contributed by atoms with Gasteiger partial charge in [0.25, 0.3) is 0 Å². The van der Waals surface area contributed by atoms with Crippen LogP contribution < -0.4 is 5.32 Å². The van der Waals surface area contributed by atoms with Gasteiger partial charge in [-0.1, -0.05) is 45.0 Å². The maximum atomic E-state index is 4.88. The fourth-order valence-electron chi connectivity index (χ4n) is 4.09. The van der Waals surface area contributed by atoms with E-state index in [4.69, 9.17) is 9.98 Å². The van der Waals surface area contributed by atoms with Gasteiger partial charge in [-0.25, -0.2) is 4.98 Å². The summed E-state index contributed by atoms with van der Waals surface area (Å²) in [4.78, 5) is 13.3. The lowest BCUT2D eigenvalue weighted by atomic mass is 9.86. The van der Waals surface area contributed by atoms with Crippen LogP contribution in [0.3, 0.4) is 0 Å². The lowest BCUT2D eigenvalue weighted by molar-refractivity contribution is -0.446. The number of aromatic amines is 1. The van der Waals surface area contributed by atoms with Crippen molar-refractivity contribution in [3.8, 4) is 22.5 Å². The van der Waals surface area contributed by atoms with Crippen LogP contribution >= 0.6 is 0 Å². The molecular formula is C28H31N4+. The highest BCUT2D eigenvalue weighted by Gasteiger charge is 2.30. The normalized spacial score (nSPS) is 14.0. The summed E-state index contributed by atoms with van der Waals surface area (Å²) in [5, 5.41) is 2.20. The van der Waals surface area contributed by atoms with E-state index in [9.17, 15) is 0 Å². The van der Waals surface area contributed by atoms with Crippen LogP contribution in [0.1, 0.15) is 47.1 Å². The largest absolute Gasteiger partial charge is 0.338 e. The van der Waals surface area contributed by atoms with Crippen LogP contribution in [-0.2, 0) is 5.41 Å². The Morgan fingerprint density at radius 3 is 2.25 bits per heavy atom. The van der Waals surface area contributed by atoms with Gasteiger partial charge in [0, 0.05) is 11.6 Å². The molecule has 1 aliphatic rings. The lowest BCUT2D eigenvalue weighted by Crippen LogP contribution is -2.83. The first-order chi connectivity index (χ1) is 15.1. The Morgan fingerprint density at radius 1 is 0.750 bits per heavy atom. The Kier molecular flexibility index (Phi) is 4.61. The van der Waals surface area contributed by atoms with Crippen LogP contribution in [0, 0.1) is 5.41 Å². The number of nitrogens with zero attached hydrogens (tertiary/aromatic N) is 2. The van der Waals surface area contributed by atoms with E-state index in [2.05, 4.69) is 113 Å². The highest BCUT2D eigenvalue weighted by molar-refractivity contribution is 5.91. The first-order valence-corrected chi connectivity index (χ1v) is 11.3. The summed E-state index contributed by atoms with van der Waals surface area (Å²) in [6.07, 6.45) is 0. The van der Waals surface area contributed by atoms with Gasteiger partial charge < -0.3 is 4.98 Å². The second kappa shape index (κ2) is 7.14. The molecule has 0 radical (unpaired) electrons. The van der Waals surface area contributed by atoms with Crippen molar-refractivity contribution in [2.75, 3.05) is 0 Å². The Bertz CT molecular complexity index is 1360. The lowest BCUT2D eigenvalue weighted by Gasteiger charge is -2.19. The van der Waals surface area contributed by atoms with E-state index in [0.29, 0.717) is 0 Å². The summed E-state index contributed by atoms with van der Waals surface area (Å²) in [6, 6.07) is 21.6. The molecule has 0 spiro atoms. The number of imidazole rings is 1. The molecule has 3 aromatic carbocycles. The molecule has 3 N–H and O–H groups in total. The number of nitrogens with one attached hydrogen (secondary N) is 1. The third-order valence-electron chi connectivity index (χ3n) is 6.15. The minimum atomic E-state index is 0.0503. The van der Waals surface area contributed by atoms with Gasteiger partial charge in [-0.05, 0) is 73.2 Å². The minimum Gasteiger partial charge on any atom is -0.338 e. The Morgan fingerprint density at radius 2 is 1.50 bits per heavy atom. The molecule has 1 aliphatic heterocycles. The maximum absolute atomic E-state index is 4.88. The standard InChI is InChI=1S/C28H30N4/c1-27(2,3)20-9-7-8-19(14-20)25-29-21-12-10-17(15-23(21)30-25)18-11-13-22-24(16-18)32-26(31-22)28(4,5)6/h7-16H,1-6H3,(H,29,30)(H,31,32)/p+1. The fourth-order valence-corrected chi connectivity index (χ4v) is 4.09. The molecule has 4 nitrogen and oxygen atoms in total. The molecule has 5 rings (SSSR count). The summed E-state index contributed by atoms with van der Waals surface area (Å²) in [5.41, 5.74) is 9.19. The van der Waals surface area contributed by atoms with E-state index in [1.807, 2.05) is 0 Å². The molecule has 4 aromatic rings. The average Bonchev–Trinajstić information content (AvgIpc) is 3.36. The highest BCUT2D eigenvalue weighted by atomic mass is 15.1. The van der Waals surface area contributed by atoms with Gasteiger partial charge in [-0.3, -0.25) is 5.32 Å². The number of aromatic nitrogens is 2. The number of H-pyrrole nitrogens is 1. The predicted molar refractivity (Wildman–Crippen MR) is 134 cm³/mol. The molecule has 0 saturated carbocycles. The van der Waals surface area contributed by atoms with E-state index >= 15 is 0 Å². The second-order valence-electron chi connectivity index (χ2n) is 10.8. The molecular weight excluding hydrogens is 392 g/mol. The Labute approximate surface area is 189 Å². The molecule has 0 amide bonds. The fraction of sp³-hybridized carbons (Fsp3) is 0.286. The monoisotopic (exact) mass is 423 g/mol. The second-order valence-corrected chi connectivity index (χ2v) is 10.8. The van der Waals surface area contributed by atoms with Crippen LogP contribution in [0.25, 0.3) is 33.5 Å². The van der Waals surface area contributed by atoms with E-state index in [-0.39, 0.29) is 10.8 Å². The number of nitrogens with two attached hydrogens (primary N) is 1. The van der Waals surface area contributed by atoms with Crippen molar-refractivity contribution in [1.29, 1.82) is 0 Å². The number of hydrogen-bond acceptors (Lipinski definition) is 2. The van der Waals surface area contributed by atoms with Crippen LogP contribution in [0.5, 0.6) is 0 Å². The number of benzene rings is 3. The van der Waals surface area contributed by atoms with E-state index < -0.39 is 0 Å². The molecule has 0 aliphatic carbocycles. The Hall–Kier alpha value is -3.24. The van der Waals surface area contributed by atoms with Crippen LogP contribution in [0.4, 0.5) is 11.4 Å². The van der Waals surface area contributed by atoms with Crippen molar-refractivity contribution in [2.45, 2.75) is 47.0 Å². The summed E-state index contributed by atoms with van der Waals surface area (Å²) < 4.78 is 0. The van der Waals surface area contributed by atoms with Crippen LogP contribution in [0.15, 0.2) is 65.7 Å². The van der Waals surface area contributed by atoms with Crippen molar-refractivity contribution >= 4 is 28.2 Å². The van der Waals surface area contributed by atoms with Gasteiger partial charge >= 0.3 is 0 Å². The minimum absolute atomic E-state index is 0.0503. The summed E-state index contributed by atoms with van der Waals surface area (Å²) in [5.74, 6) is 2.04. The molecule has 32 heavy (non-hydrogen) atoms. The van der Waals surface area contributed by atoms with Crippen LogP contribution in [-0.4, -0.2) is 15.8 Å². The summed E-state index contributed by atoms with van der Waals surface area (Å²) >= 11 is 0. The van der Waals surface area contributed by atoms with Crippen molar-refractivity contribution in [2.24, 2.45) is 10.4 Å². The van der Waals surface area contributed by atoms with Gasteiger partial charge in [0.15, 0.2) is 5.69 Å². The number of aliphatic imine (C=N–C) groups is 1. The van der Waals surface area contributed by atoms with Gasteiger partial charge in [-0.2, -0.15) is 4.99 Å². The molecule has 0 atom stereocenters. The predicted octanol–water partition coefficient (Wildman–Crippen LogP) is 6.48. The summed E-state index contributed by atoms with van der Waals surface area (Å²) in [7, 11) is 0. The van der Waals surface area contributed by atoms with Crippen LogP contribution in [0.2, 0.25) is 0 Å². The molecule has 4 heteroatoms. The zero-order chi connectivity index (χ0) is 22.7. The zero-order valence-corrected chi connectivity index (χ0v) is 19.7. The quantitative estimate of drug-likeness (QED) is 0.356. The van der Waals surface area contributed by atoms with E-state index in [1.165, 1.54) is 22.4 Å². The smallest absolute Gasteiger partial charge is 0.210 e. The molecule has 0 saturated heterocycles. The highest BCUT2D eigenvalue weighted by Crippen LogP contribution is 2.34. The van der Waals surface area contributed by atoms with Crippen molar-refractivity contribution in [3.05, 3.63) is 66.2 Å². The van der Waals surface area contributed by atoms with Gasteiger partial charge in [0.2, 0.25) is 5.84 Å². The molecule has 0 bridgehead atoms. The molecule has 2 heterocycles. The van der Waals surface area contributed by atoms with Gasteiger partial charge in [0.05, 0.1) is 16.4 Å². The Balaban J connectivity index is 1.51. The number of quaternary nitrogens is 1. The SMILES string of the molecule is CC(C)(C)C1=Nc2cc(-c3ccc4nc(-c5cccc(C(C)(C)C)c5)[nH]c4c3)ccc2[NH2+]1. The number of fused-ring (bicyclic) bond motifs is 2. The van der Waals surface area contributed by atoms with Crippen molar-refractivity contribution in [3.63, 3.8) is 0 Å². The summed E-state index contributed by atoms with van der Waals surface area (Å²) in [6.45, 7) is 13.3. The molecule has 0 fully saturated rings. The maximum Gasteiger partial charge on any atom is 0.210 e. The number of rotatable bonds is 2. The zero-order valence-electron chi connectivity index (χ0n) is 19.7. The molecule has 162 valence electrons. The van der Waals surface area contributed by atoms with Gasteiger partial charge in [0.1, 0.15) is 11.5 Å². The first kappa shape index (κ1) is 20.7. The third kappa shape index (κ3) is 3.76. The van der Waals surface area contributed by atoms with E-state index in [1.54, 1.807) is 0 Å². The topological polar surface area (TPSA) is 57.6 Å². The van der Waals surface area contributed by atoms with Gasteiger partial charge in [-0.15, -0.1) is 0 Å². The molecule has 1 aromatic heterocycles. The van der Waals surface area contributed by atoms with Crippen molar-refractivity contribution < 1.29 is 5.32 Å². The number of hydrogen-bond donors (Lipinski definition) is 2. The van der Waals surface area contributed by atoms with E-state index in [0.717, 1.165) is 33.9 Å². The number of amidine groups is 1. The third-order valence-corrected chi connectivity index (χ3v) is 6.15. The average molecular weight is 424 g/mol.